The summed E-state index contributed by atoms with van der Waals surface area (Å²) in [6, 6.07) is 10.6. The minimum Gasteiger partial charge on any atom is -0.496 e. The third-order valence-electron chi connectivity index (χ3n) is 2.93. The summed E-state index contributed by atoms with van der Waals surface area (Å²) >= 11 is 12.1. The molecule has 2 aromatic carbocycles. The monoisotopic (exact) mass is 296 g/mol. The van der Waals surface area contributed by atoms with Crippen molar-refractivity contribution in [1.29, 1.82) is 0 Å². The number of benzene rings is 2. The maximum Gasteiger partial charge on any atom is 0.125 e. The van der Waals surface area contributed by atoms with Crippen LogP contribution in [0.4, 0.5) is 0 Å². The molecule has 0 bridgehead atoms. The molecule has 0 radical (unpaired) electrons. The normalized spacial score (nSPS) is 12.3. The Morgan fingerprint density at radius 1 is 1.05 bits per heavy atom. The Balaban J connectivity index is 2.51. The summed E-state index contributed by atoms with van der Waals surface area (Å²) in [6.45, 7) is 1.95. The van der Waals surface area contributed by atoms with Crippen LogP contribution < -0.4 is 4.74 Å². The fourth-order valence-electron chi connectivity index (χ4n) is 1.96. The van der Waals surface area contributed by atoms with Crippen molar-refractivity contribution in [1.82, 2.24) is 0 Å². The zero-order valence-corrected chi connectivity index (χ0v) is 12.2. The van der Waals surface area contributed by atoms with Gasteiger partial charge in [0.2, 0.25) is 0 Å². The second-order valence-corrected chi connectivity index (χ2v) is 5.16. The first-order valence-electron chi connectivity index (χ1n) is 5.80. The van der Waals surface area contributed by atoms with Crippen molar-refractivity contribution in [3.63, 3.8) is 0 Å². The van der Waals surface area contributed by atoms with E-state index in [1.165, 1.54) is 0 Å². The van der Waals surface area contributed by atoms with Gasteiger partial charge in [0.1, 0.15) is 11.9 Å². The molecule has 0 aliphatic heterocycles. The highest BCUT2D eigenvalue weighted by Gasteiger charge is 2.18. The zero-order chi connectivity index (χ0) is 14.0. The lowest BCUT2D eigenvalue weighted by Gasteiger charge is -2.17. The minimum absolute atomic E-state index is 0.473. The Morgan fingerprint density at radius 3 is 2.47 bits per heavy atom. The van der Waals surface area contributed by atoms with Crippen LogP contribution in [0, 0.1) is 6.92 Å². The van der Waals surface area contributed by atoms with Crippen molar-refractivity contribution in [2.45, 2.75) is 13.0 Å². The Bertz CT molecular complexity index is 597. The predicted molar refractivity (Wildman–Crippen MR) is 78.3 cm³/mol. The predicted octanol–water partition coefficient (Wildman–Crippen LogP) is 4.39. The first-order valence-corrected chi connectivity index (χ1v) is 6.56. The first-order chi connectivity index (χ1) is 9.02. The van der Waals surface area contributed by atoms with Crippen LogP contribution in [0.1, 0.15) is 22.8 Å². The van der Waals surface area contributed by atoms with Crippen LogP contribution in [0.3, 0.4) is 0 Å². The number of hydrogen-bond donors (Lipinski definition) is 1. The van der Waals surface area contributed by atoms with Crippen LogP contribution in [-0.4, -0.2) is 12.2 Å². The van der Waals surface area contributed by atoms with Gasteiger partial charge < -0.3 is 9.84 Å². The van der Waals surface area contributed by atoms with E-state index in [1.807, 2.05) is 25.1 Å². The van der Waals surface area contributed by atoms with Crippen molar-refractivity contribution < 1.29 is 9.84 Å². The van der Waals surface area contributed by atoms with E-state index in [9.17, 15) is 5.11 Å². The molecule has 0 aromatic heterocycles. The summed E-state index contributed by atoms with van der Waals surface area (Å²) in [7, 11) is 1.57. The smallest absolute Gasteiger partial charge is 0.125 e. The molecular weight excluding hydrogens is 283 g/mol. The molecule has 2 aromatic rings. The zero-order valence-electron chi connectivity index (χ0n) is 10.7. The van der Waals surface area contributed by atoms with Gasteiger partial charge in [-0.15, -0.1) is 0 Å². The van der Waals surface area contributed by atoms with Crippen LogP contribution in [0.5, 0.6) is 5.75 Å². The summed E-state index contributed by atoms with van der Waals surface area (Å²) in [6.07, 6.45) is -0.874. The van der Waals surface area contributed by atoms with E-state index >= 15 is 0 Å². The topological polar surface area (TPSA) is 29.5 Å². The lowest BCUT2D eigenvalue weighted by atomic mass is 9.99. The number of aliphatic hydroxyl groups excluding tert-OH is 1. The van der Waals surface area contributed by atoms with Crippen molar-refractivity contribution in [2.75, 3.05) is 7.11 Å². The van der Waals surface area contributed by atoms with Gasteiger partial charge in [-0.3, -0.25) is 0 Å². The molecule has 0 aliphatic carbocycles. The summed E-state index contributed by atoms with van der Waals surface area (Å²) in [5, 5.41) is 11.5. The second-order valence-electron chi connectivity index (χ2n) is 4.31. The van der Waals surface area contributed by atoms with Gasteiger partial charge in [0.05, 0.1) is 7.11 Å². The van der Waals surface area contributed by atoms with Gasteiger partial charge in [0.15, 0.2) is 0 Å². The number of aryl methyl sites for hydroxylation is 1. The largest absolute Gasteiger partial charge is 0.496 e. The summed E-state index contributed by atoms with van der Waals surface area (Å²) in [4.78, 5) is 0. The molecule has 1 N–H and O–H groups in total. The molecule has 2 rings (SSSR count). The third kappa shape index (κ3) is 3.03. The highest BCUT2D eigenvalue weighted by Crippen LogP contribution is 2.35. The molecule has 0 spiro atoms. The van der Waals surface area contributed by atoms with E-state index < -0.39 is 6.10 Å². The van der Waals surface area contributed by atoms with Gasteiger partial charge in [-0.1, -0.05) is 34.8 Å². The Morgan fingerprint density at radius 2 is 1.79 bits per heavy atom. The molecule has 0 aliphatic rings. The molecule has 19 heavy (non-hydrogen) atoms. The quantitative estimate of drug-likeness (QED) is 0.910. The molecule has 0 saturated carbocycles. The average molecular weight is 297 g/mol. The van der Waals surface area contributed by atoms with Crippen LogP contribution in [0.25, 0.3) is 0 Å². The maximum atomic E-state index is 10.5. The van der Waals surface area contributed by atoms with E-state index in [0.29, 0.717) is 26.9 Å². The van der Waals surface area contributed by atoms with Crippen molar-refractivity contribution in [2.24, 2.45) is 0 Å². The number of methoxy groups -OCH3 is 1. The van der Waals surface area contributed by atoms with Gasteiger partial charge in [-0.25, -0.2) is 0 Å². The van der Waals surface area contributed by atoms with Gasteiger partial charge >= 0.3 is 0 Å². The molecule has 1 atom stereocenters. The lowest BCUT2D eigenvalue weighted by molar-refractivity contribution is 0.215. The third-order valence-corrected chi connectivity index (χ3v) is 3.51. The summed E-state index contributed by atoms with van der Waals surface area (Å²) in [5.74, 6) is 0.620. The molecule has 100 valence electrons. The SMILES string of the molecule is COc1ccc(C)cc1C(O)c1cc(Cl)ccc1Cl. The molecule has 4 heteroatoms. The van der Waals surface area contributed by atoms with Crippen LogP contribution in [-0.2, 0) is 0 Å². The first kappa shape index (κ1) is 14.2. The van der Waals surface area contributed by atoms with Gasteiger partial charge in [0.25, 0.3) is 0 Å². The number of hydrogen-bond acceptors (Lipinski definition) is 2. The fourth-order valence-corrected chi connectivity index (χ4v) is 2.36. The summed E-state index contributed by atoms with van der Waals surface area (Å²) in [5.41, 5.74) is 2.28. The van der Waals surface area contributed by atoms with Gasteiger partial charge in [-0.2, -0.15) is 0 Å². The van der Waals surface area contributed by atoms with E-state index in [2.05, 4.69) is 0 Å². The van der Waals surface area contributed by atoms with Crippen molar-refractivity contribution in [3.8, 4) is 5.75 Å². The molecule has 2 nitrogen and oxygen atoms in total. The van der Waals surface area contributed by atoms with E-state index in [0.717, 1.165) is 5.56 Å². The van der Waals surface area contributed by atoms with E-state index in [4.69, 9.17) is 27.9 Å². The van der Waals surface area contributed by atoms with Gasteiger partial charge in [-0.05, 0) is 37.3 Å². The van der Waals surface area contributed by atoms with Gasteiger partial charge in [0, 0.05) is 21.2 Å². The number of aliphatic hydroxyl groups is 1. The number of ether oxygens (including phenoxy) is 1. The highest BCUT2D eigenvalue weighted by molar-refractivity contribution is 6.33. The second kappa shape index (κ2) is 5.83. The Kier molecular flexibility index (Phi) is 4.35. The molecular formula is C15H14Cl2O2. The lowest BCUT2D eigenvalue weighted by Crippen LogP contribution is -2.03. The van der Waals surface area contributed by atoms with Crippen LogP contribution in [0.15, 0.2) is 36.4 Å². The fraction of sp³-hybridized carbons (Fsp3) is 0.200. The molecule has 0 heterocycles. The minimum atomic E-state index is -0.874. The average Bonchev–Trinajstić information content (AvgIpc) is 2.40. The highest BCUT2D eigenvalue weighted by atomic mass is 35.5. The van der Waals surface area contributed by atoms with E-state index in [-0.39, 0.29) is 0 Å². The number of halogens is 2. The maximum absolute atomic E-state index is 10.5. The van der Waals surface area contributed by atoms with Crippen LogP contribution >= 0.6 is 23.2 Å². The van der Waals surface area contributed by atoms with Crippen LogP contribution in [0.2, 0.25) is 10.0 Å². The van der Waals surface area contributed by atoms with Crippen molar-refractivity contribution >= 4 is 23.2 Å². The molecule has 0 saturated heterocycles. The molecule has 0 fully saturated rings. The standard InChI is InChI=1S/C15H14Cl2O2/c1-9-3-6-14(19-2)12(7-9)15(18)11-8-10(16)4-5-13(11)17/h3-8,15,18H,1-2H3. The molecule has 0 amide bonds. The number of rotatable bonds is 3. The van der Waals surface area contributed by atoms with E-state index in [1.54, 1.807) is 25.3 Å². The Labute approximate surface area is 122 Å². The van der Waals surface area contributed by atoms with Crippen molar-refractivity contribution in [3.05, 3.63) is 63.1 Å². The Hall–Kier alpha value is -1.22. The summed E-state index contributed by atoms with van der Waals surface area (Å²) < 4.78 is 5.28. The molecule has 1 unspecified atom stereocenters.